The minimum atomic E-state index is -2.82. The van der Waals surface area contributed by atoms with Crippen LogP contribution in [0, 0.1) is 5.92 Å². The highest BCUT2D eigenvalue weighted by molar-refractivity contribution is 7.91. The molecule has 0 saturated heterocycles. The van der Waals surface area contributed by atoms with Crippen LogP contribution in [0.15, 0.2) is 0 Å². The minimum absolute atomic E-state index is 0.290. The van der Waals surface area contributed by atoms with Crippen molar-refractivity contribution in [3.63, 3.8) is 0 Å². The fraction of sp³-hybridized carbons (Fsp3) is 1.00. The molecule has 102 valence electrons. The van der Waals surface area contributed by atoms with Gasteiger partial charge in [0.05, 0.1) is 5.75 Å². The monoisotopic (exact) mass is 261 g/mol. The van der Waals surface area contributed by atoms with E-state index in [9.17, 15) is 8.42 Å². The van der Waals surface area contributed by atoms with Gasteiger partial charge in [-0.15, -0.1) is 0 Å². The Balaban J connectivity index is 2.21. The zero-order chi connectivity index (χ0) is 12.7. The summed E-state index contributed by atoms with van der Waals surface area (Å²) in [5, 5.41) is 3.39. The zero-order valence-corrected chi connectivity index (χ0v) is 12.1. The molecule has 1 rings (SSSR count). The summed E-state index contributed by atoms with van der Waals surface area (Å²) in [6.07, 6.45) is 7.37. The van der Waals surface area contributed by atoms with Crippen LogP contribution in [0.2, 0.25) is 0 Å². The molecule has 0 radical (unpaired) electrons. The molecule has 0 heterocycles. The molecule has 0 spiro atoms. The molecule has 0 aliphatic heterocycles. The molecule has 1 atom stereocenters. The van der Waals surface area contributed by atoms with Gasteiger partial charge < -0.3 is 5.32 Å². The molecule has 0 aromatic rings. The summed E-state index contributed by atoms with van der Waals surface area (Å²) in [6.45, 7) is 4.72. The van der Waals surface area contributed by atoms with Crippen LogP contribution in [-0.4, -0.2) is 32.5 Å². The van der Waals surface area contributed by atoms with Crippen LogP contribution in [0.3, 0.4) is 0 Å². The molecule has 3 nitrogen and oxygen atoms in total. The summed E-state index contributed by atoms with van der Waals surface area (Å²) in [6, 6.07) is 0.465. The maximum Gasteiger partial charge on any atom is 0.151 e. The molecule has 1 saturated carbocycles. The lowest BCUT2D eigenvalue weighted by Gasteiger charge is -2.28. The fourth-order valence-corrected chi connectivity index (χ4v) is 3.91. The molecule has 1 aliphatic carbocycles. The summed E-state index contributed by atoms with van der Waals surface area (Å²) in [5.41, 5.74) is 0. The predicted molar refractivity (Wildman–Crippen MR) is 73.0 cm³/mol. The highest BCUT2D eigenvalue weighted by Crippen LogP contribution is 2.26. The van der Waals surface area contributed by atoms with Crippen molar-refractivity contribution in [2.75, 3.05) is 18.1 Å². The molecule has 17 heavy (non-hydrogen) atoms. The van der Waals surface area contributed by atoms with Crippen molar-refractivity contribution in [1.82, 2.24) is 5.32 Å². The Labute approximate surface area is 106 Å². The number of sulfone groups is 1. The fourth-order valence-electron chi connectivity index (χ4n) is 2.66. The summed E-state index contributed by atoms with van der Waals surface area (Å²) in [5.74, 6) is 1.36. The summed E-state index contributed by atoms with van der Waals surface area (Å²) < 4.78 is 23.1. The molecular formula is C13H27NO2S. The van der Waals surface area contributed by atoms with Gasteiger partial charge in [-0.1, -0.05) is 26.2 Å². The van der Waals surface area contributed by atoms with E-state index in [2.05, 4.69) is 12.2 Å². The van der Waals surface area contributed by atoms with Crippen molar-refractivity contribution < 1.29 is 8.42 Å². The van der Waals surface area contributed by atoms with E-state index in [1.165, 1.54) is 32.1 Å². The van der Waals surface area contributed by atoms with Crippen molar-refractivity contribution in [2.24, 2.45) is 5.92 Å². The van der Waals surface area contributed by atoms with Gasteiger partial charge >= 0.3 is 0 Å². The van der Waals surface area contributed by atoms with Gasteiger partial charge in [0.15, 0.2) is 9.84 Å². The van der Waals surface area contributed by atoms with Crippen LogP contribution in [-0.2, 0) is 9.84 Å². The normalized spacial score (nSPS) is 20.4. The largest absolute Gasteiger partial charge is 0.313 e. The van der Waals surface area contributed by atoms with E-state index in [4.69, 9.17) is 0 Å². The van der Waals surface area contributed by atoms with E-state index in [1.807, 2.05) is 6.92 Å². The third-order valence-corrected chi connectivity index (χ3v) is 5.61. The molecular weight excluding hydrogens is 234 g/mol. The van der Waals surface area contributed by atoms with Crippen LogP contribution < -0.4 is 5.32 Å². The maximum absolute atomic E-state index is 11.5. The molecule has 0 amide bonds. The quantitative estimate of drug-likeness (QED) is 0.765. The third-order valence-electron chi connectivity index (χ3n) is 3.75. The van der Waals surface area contributed by atoms with Crippen LogP contribution in [0.5, 0.6) is 0 Å². The van der Waals surface area contributed by atoms with Gasteiger partial charge in [0.1, 0.15) is 0 Å². The van der Waals surface area contributed by atoms with Gasteiger partial charge in [0.25, 0.3) is 0 Å². The first-order valence-corrected chi connectivity index (χ1v) is 8.81. The topological polar surface area (TPSA) is 46.2 Å². The van der Waals surface area contributed by atoms with Crippen molar-refractivity contribution in [1.29, 1.82) is 0 Å². The van der Waals surface area contributed by atoms with Crippen molar-refractivity contribution in [3.05, 3.63) is 0 Å². The molecule has 1 fully saturated rings. The van der Waals surface area contributed by atoms with E-state index < -0.39 is 9.84 Å². The van der Waals surface area contributed by atoms with Gasteiger partial charge in [-0.2, -0.15) is 0 Å². The Morgan fingerprint density at radius 1 is 1.18 bits per heavy atom. The van der Waals surface area contributed by atoms with Gasteiger partial charge in [0.2, 0.25) is 0 Å². The molecule has 1 N–H and O–H groups in total. The Hall–Kier alpha value is -0.0900. The summed E-state index contributed by atoms with van der Waals surface area (Å²) in [4.78, 5) is 0. The predicted octanol–water partition coefficient (Wildman–Crippen LogP) is 2.37. The Bertz CT molecular complexity index is 295. The second kappa shape index (κ2) is 7.37. The highest BCUT2D eigenvalue weighted by atomic mass is 32.2. The molecule has 0 bridgehead atoms. The van der Waals surface area contributed by atoms with Crippen LogP contribution in [0.1, 0.15) is 52.4 Å². The SMILES string of the molecule is CCCS(=O)(=O)CCN[C@@H](C)C1CCCCC1. The Morgan fingerprint density at radius 2 is 1.82 bits per heavy atom. The minimum Gasteiger partial charge on any atom is -0.313 e. The molecule has 0 unspecified atom stereocenters. The van der Waals surface area contributed by atoms with Gasteiger partial charge in [-0.25, -0.2) is 8.42 Å². The van der Waals surface area contributed by atoms with Crippen LogP contribution >= 0.6 is 0 Å². The second-order valence-corrected chi connectivity index (χ2v) is 7.60. The number of nitrogens with one attached hydrogen (secondary N) is 1. The lowest BCUT2D eigenvalue weighted by molar-refractivity contribution is 0.285. The third kappa shape index (κ3) is 5.87. The Kier molecular flexibility index (Phi) is 6.49. The highest BCUT2D eigenvalue weighted by Gasteiger charge is 2.20. The van der Waals surface area contributed by atoms with Gasteiger partial charge in [-0.05, 0) is 32.1 Å². The number of hydrogen-bond acceptors (Lipinski definition) is 3. The zero-order valence-electron chi connectivity index (χ0n) is 11.2. The number of rotatable bonds is 7. The number of hydrogen-bond donors (Lipinski definition) is 1. The van der Waals surface area contributed by atoms with E-state index >= 15 is 0 Å². The lowest BCUT2D eigenvalue weighted by atomic mass is 9.84. The van der Waals surface area contributed by atoms with Crippen molar-refractivity contribution >= 4 is 9.84 Å². The molecule has 1 aliphatic rings. The van der Waals surface area contributed by atoms with E-state index in [-0.39, 0.29) is 5.75 Å². The molecule has 0 aromatic carbocycles. The first kappa shape index (κ1) is 15.0. The summed E-state index contributed by atoms with van der Waals surface area (Å²) >= 11 is 0. The standard InChI is InChI=1S/C13H27NO2S/c1-3-10-17(15,16)11-9-14-12(2)13-7-5-4-6-8-13/h12-14H,3-11H2,1-2H3/t12-/m0/s1. The summed E-state index contributed by atoms with van der Waals surface area (Å²) in [7, 11) is -2.82. The van der Waals surface area contributed by atoms with Crippen LogP contribution in [0.4, 0.5) is 0 Å². The Morgan fingerprint density at radius 3 is 2.41 bits per heavy atom. The van der Waals surface area contributed by atoms with E-state index in [0.29, 0.717) is 18.3 Å². The van der Waals surface area contributed by atoms with Crippen molar-refractivity contribution in [3.8, 4) is 0 Å². The first-order valence-electron chi connectivity index (χ1n) is 6.99. The molecule has 4 heteroatoms. The maximum atomic E-state index is 11.5. The lowest BCUT2D eigenvalue weighted by Crippen LogP contribution is -2.37. The average Bonchev–Trinajstić information content (AvgIpc) is 2.29. The van der Waals surface area contributed by atoms with Gasteiger partial charge in [0, 0.05) is 18.3 Å². The van der Waals surface area contributed by atoms with E-state index in [0.717, 1.165) is 12.3 Å². The molecule has 0 aromatic heterocycles. The first-order chi connectivity index (χ1) is 8.05. The average molecular weight is 261 g/mol. The second-order valence-electron chi connectivity index (χ2n) is 5.29. The van der Waals surface area contributed by atoms with E-state index in [1.54, 1.807) is 0 Å². The van der Waals surface area contributed by atoms with Crippen molar-refractivity contribution in [2.45, 2.75) is 58.4 Å². The van der Waals surface area contributed by atoms with Crippen LogP contribution in [0.25, 0.3) is 0 Å². The van der Waals surface area contributed by atoms with Gasteiger partial charge in [-0.3, -0.25) is 0 Å². The smallest absolute Gasteiger partial charge is 0.151 e.